The number of nitrogens with zero attached hydrogens (tertiary/aromatic N) is 1. The maximum Gasteiger partial charge on any atom is 0.233 e. The summed E-state index contributed by atoms with van der Waals surface area (Å²) in [5.74, 6) is 1.48. The first-order valence-corrected chi connectivity index (χ1v) is 10.5. The van der Waals surface area contributed by atoms with E-state index in [4.69, 9.17) is 4.74 Å². The van der Waals surface area contributed by atoms with Crippen molar-refractivity contribution in [3.63, 3.8) is 0 Å². The van der Waals surface area contributed by atoms with Crippen LogP contribution in [-0.4, -0.2) is 22.0 Å². The molecule has 2 fully saturated rings. The van der Waals surface area contributed by atoms with Crippen molar-refractivity contribution >= 4 is 9.24 Å². The lowest BCUT2D eigenvalue weighted by molar-refractivity contribution is 0.160. The first-order valence-electron chi connectivity index (χ1n) is 9.79. The van der Waals surface area contributed by atoms with E-state index >= 15 is 0 Å². The Morgan fingerprint density at radius 2 is 1.52 bits per heavy atom. The highest BCUT2D eigenvalue weighted by atomic mass is 31.0. The highest BCUT2D eigenvalue weighted by Crippen LogP contribution is 2.33. The van der Waals surface area contributed by atoms with E-state index in [0.717, 1.165) is 11.5 Å². The van der Waals surface area contributed by atoms with Crippen molar-refractivity contribution in [3.05, 3.63) is 11.8 Å². The van der Waals surface area contributed by atoms with E-state index in [2.05, 4.69) is 25.5 Å². The number of aromatic nitrogens is 2. The van der Waals surface area contributed by atoms with E-state index in [0.29, 0.717) is 12.0 Å². The predicted octanol–water partition coefficient (Wildman–Crippen LogP) is 5.58. The second-order valence-electron chi connectivity index (χ2n) is 7.57. The minimum absolute atomic E-state index is 0.377. The fraction of sp³-hybridized carbons (Fsp3) is 0.842. The van der Waals surface area contributed by atoms with Gasteiger partial charge in [0.15, 0.2) is 0 Å². The van der Waals surface area contributed by atoms with E-state index in [9.17, 15) is 0 Å². The molecule has 3 rings (SSSR count). The van der Waals surface area contributed by atoms with Crippen molar-refractivity contribution in [2.45, 2.75) is 101 Å². The Kier molecular flexibility index (Phi) is 6.80. The molecule has 0 aromatic carbocycles. The van der Waals surface area contributed by atoms with Gasteiger partial charge in [0.05, 0.1) is 0 Å². The van der Waals surface area contributed by atoms with Gasteiger partial charge in [0, 0.05) is 17.7 Å². The molecule has 0 bridgehead atoms. The SMILES string of the molecule is PC1CCCC(c2cc(OC3CCCCCCC3)n[nH]2)CCC1. The molecule has 0 radical (unpaired) electrons. The molecule has 1 heterocycles. The van der Waals surface area contributed by atoms with Gasteiger partial charge in [-0.15, -0.1) is 14.3 Å². The zero-order valence-corrected chi connectivity index (χ0v) is 15.6. The summed E-state index contributed by atoms with van der Waals surface area (Å²) in [5.41, 5.74) is 2.13. The third kappa shape index (κ3) is 5.48. The van der Waals surface area contributed by atoms with Crippen LogP contribution < -0.4 is 4.74 Å². The van der Waals surface area contributed by atoms with Gasteiger partial charge in [0.2, 0.25) is 5.88 Å². The standard InChI is InChI=1S/C19H33N2OP/c23-17-12-6-8-15(9-7-13-17)18-14-19(21-20-18)22-16-10-4-2-1-3-5-11-16/h14-17H,1-13,23H2,(H,20,21). The van der Waals surface area contributed by atoms with Crippen LogP contribution in [0.3, 0.4) is 0 Å². The molecule has 4 heteroatoms. The van der Waals surface area contributed by atoms with Crippen molar-refractivity contribution in [3.8, 4) is 5.88 Å². The van der Waals surface area contributed by atoms with Crippen molar-refractivity contribution in [2.75, 3.05) is 0 Å². The third-order valence-corrected chi connectivity index (χ3v) is 6.28. The molecule has 2 aliphatic rings. The Bertz CT molecular complexity index is 444. The minimum atomic E-state index is 0.377. The number of hydrogen-bond acceptors (Lipinski definition) is 2. The minimum Gasteiger partial charge on any atom is -0.473 e. The van der Waals surface area contributed by atoms with E-state index in [1.54, 1.807) is 0 Å². The van der Waals surface area contributed by atoms with Crippen LogP contribution in [0, 0.1) is 0 Å². The number of ether oxygens (including phenoxy) is 1. The van der Waals surface area contributed by atoms with Crippen LogP contribution in [-0.2, 0) is 0 Å². The molecule has 0 aliphatic heterocycles. The van der Waals surface area contributed by atoms with Gasteiger partial charge in [-0.2, -0.15) is 0 Å². The molecule has 1 atom stereocenters. The maximum absolute atomic E-state index is 6.19. The molecule has 1 N–H and O–H groups in total. The Morgan fingerprint density at radius 3 is 2.22 bits per heavy atom. The molecule has 0 spiro atoms. The topological polar surface area (TPSA) is 37.9 Å². The summed E-state index contributed by atoms with van der Waals surface area (Å²) in [6.45, 7) is 0. The number of nitrogens with one attached hydrogen (secondary N) is 1. The largest absolute Gasteiger partial charge is 0.473 e. The molecule has 2 aliphatic carbocycles. The van der Waals surface area contributed by atoms with Gasteiger partial charge < -0.3 is 4.74 Å². The fourth-order valence-corrected chi connectivity index (χ4v) is 4.62. The summed E-state index contributed by atoms with van der Waals surface area (Å²) in [4.78, 5) is 0. The van der Waals surface area contributed by atoms with Gasteiger partial charge in [0.25, 0.3) is 0 Å². The number of H-pyrrole nitrogens is 1. The van der Waals surface area contributed by atoms with E-state index in [1.807, 2.05) is 0 Å². The van der Waals surface area contributed by atoms with E-state index in [-0.39, 0.29) is 0 Å². The van der Waals surface area contributed by atoms with Crippen molar-refractivity contribution in [1.82, 2.24) is 10.2 Å². The zero-order chi connectivity index (χ0) is 15.9. The normalized spacial score (nSPS) is 28.4. The Morgan fingerprint density at radius 1 is 0.870 bits per heavy atom. The van der Waals surface area contributed by atoms with Gasteiger partial charge in [-0.05, 0) is 57.0 Å². The Labute approximate surface area is 143 Å². The molecular formula is C19H33N2OP. The Balaban J connectivity index is 1.54. The van der Waals surface area contributed by atoms with Crippen LogP contribution in [0.2, 0.25) is 0 Å². The molecule has 3 nitrogen and oxygen atoms in total. The monoisotopic (exact) mass is 336 g/mol. The molecular weight excluding hydrogens is 303 g/mol. The average molecular weight is 336 g/mol. The van der Waals surface area contributed by atoms with Crippen molar-refractivity contribution < 1.29 is 4.74 Å². The Hall–Kier alpha value is -0.560. The summed E-state index contributed by atoms with van der Waals surface area (Å²) >= 11 is 0. The summed E-state index contributed by atoms with van der Waals surface area (Å²) in [7, 11) is 3.01. The predicted molar refractivity (Wildman–Crippen MR) is 99.3 cm³/mol. The molecule has 0 amide bonds. The van der Waals surface area contributed by atoms with Crippen LogP contribution >= 0.6 is 9.24 Å². The zero-order valence-electron chi connectivity index (χ0n) is 14.4. The number of hydrogen-bond donors (Lipinski definition) is 1. The smallest absolute Gasteiger partial charge is 0.233 e. The van der Waals surface area contributed by atoms with Crippen LogP contribution in [0.15, 0.2) is 6.07 Å². The van der Waals surface area contributed by atoms with Crippen LogP contribution in [0.1, 0.15) is 95.1 Å². The van der Waals surface area contributed by atoms with Gasteiger partial charge in [-0.1, -0.05) is 32.1 Å². The fourth-order valence-electron chi connectivity index (χ4n) is 4.15. The lowest BCUT2D eigenvalue weighted by Gasteiger charge is -2.21. The summed E-state index contributed by atoms with van der Waals surface area (Å²) in [5, 5.41) is 7.73. The first-order chi connectivity index (χ1) is 11.3. The van der Waals surface area contributed by atoms with Gasteiger partial charge in [-0.3, -0.25) is 5.10 Å². The average Bonchev–Trinajstić information content (AvgIpc) is 2.94. The van der Waals surface area contributed by atoms with Crippen LogP contribution in [0.4, 0.5) is 0 Å². The van der Waals surface area contributed by atoms with E-state index < -0.39 is 0 Å². The van der Waals surface area contributed by atoms with Crippen LogP contribution in [0.5, 0.6) is 5.88 Å². The lowest BCUT2D eigenvalue weighted by Crippen LogP contribution is -2.17. The molecule has 1 aromatic rings. The highest BCUT2D eigenvalue weighted by Gasteiger charge is 2.20. The third-order valence-electron chi connectivity index (χ3n) is 5.61. The summed E-state index contributed by atoms with van der Waals surface area (Å²) in [6.07, 6.45) is 17.4. The molecule has 2 saturated carbocycles. The van der Waals surface area contributed by atoms with Gasteiger partial charge >= 0.3 is 0 Å². The highest BCUT2D eigenvalue weighted by molar-refractivity contribution is 7.17. The van der Waals surface area contributed by atoms with Gasteiger partial charge in [0.1, 0.15) is 6.10 Å². The second kappa shape index (κ2) is 9.06. The van der Waals surface area contributed by atoms with Crippen molar-refractivity contribution in [1.29, 1.82) is 0 Å². The number of aromatic amines is 1. The second-order valence-corrected chi connectivity index (χ2v) is 8.51. The molecule has 23 heavy (non-hydrogen) atoms. The molecule has 1 aromatic heterocycles. The molecule has 130 valence electrons. The van der Waals surface area contributed by atoms with Crippen LogP contribution in [0.25, 0.3) is 0 Å². The summed E-state index contributed by atoms with van der Waals surface area (Å²) in [6, 6.07) is 2.18. The quantitative estimate of drug-likeness (QED) is 0.731. The van der Waals surface area contributed by atoms with Crippen molar-refractivity contribution in [2.24, 2.45) is 0 Å². The van der Waals surface area contributed by atoms with Gasteiger partial charge in [-0.25, -0.2) is 0 Å². The maximum atomic E-state index is 6.19. The first kappa shape index (κ1) is 17.3. The molecule has 1 unspecified atom stereocenters. The summed E-state index contributed by atoms with van der Waals surface area (Å²) < 4.78 is 6.19. The number of rotatable bonds is 3. The molecule has 0 saturated heterocycles. The lowest BCUT2D eigenvalue weighted by atomic mass is 9.89. The van der Waals surface area contributed by atoms with E-state index in [1.165, 1.54) is 89.2 Å².